The smallest absolute Gasteiger partial charge is 0.188 e. The molecule has 0 bridgehead atoms. The Labute approximate surface area is 194 Å². The second-order valence-corrected chi connectivity index (χ2v) is 7.54. The number of aryl methyl sites for hydroxylation is 1. The molecule has 1 aromatic carbocycles. The van der Waals surface area contributed by atoms with Gasteiger partial charge >= 0.3 is 0 Å². The van der Waals surface area contributed by atoms with Crippen LogP contribution in [-0.2, 0) is 7.05 Å². The van der Waals surface area contributed by atoms with E-state index < -0.39 is 5.82 Å². The summed E-state index contributed by atoms with van der Waals surface area (Å²) in [6, 6.07) is 6.64. The molecule has 3 aromatic heterocycles. The van der Waals surface area contributed by atoms with E-state index in [4.69, 9.17) is 14.5 Å². The van der Waals surface area contributed by atoms with Gasteiger partial charge in [0.05, 0.1) is 56.8 Å². The number of rotatable bonds is 7. The Kier molecular flexibility index (Phi) is 5.58. The van der Waals surface area contributed by atoms with E-state index >= 15 is 4.39 Å². The van der Waals surface area contributed by atoms with Gasteiger partial charge in [-0.05, 0) is 18.2 Å². The third kappa shape index (κ3) is 4.03. The molecule has 172 valence electrons. The molecule has 1 aliphatic rings. The van der Waals surface area contributed by atoms with Crippen LogP contribution in [0.5, 0.6) is 11.5 Å². The average molecular weight is 460 g/mol. The van der Waals surface area contributed by atoms with Crippen LogP contribution in [0.1, 0.15) is 0 Å². The minimum absolute atomic E-state index is 0.0563. The third-order valence-electron chi connectivity index (χ3n) is 5.34. The van der Waals surface area contributed by atoms with Crippen LogP contribution < -0.4 is 14.4 Å². The predicted molar refractivity (Wildman–Crippen MR) is 124 cm³/mol. The number of nitrogens with zero attached hydrogens (tertiary/aromatic N) is 8. The summed E-state index contributed by atoms with van der Waals surface area (Å²) in [5.41, 5.74) is 3.40. The molecule has 0 amide bonds. The first-order valence-corrected chi connectivity index (χ1v) is 10.4. The van der Waals surface area contributed by atoms with Gasteiger partial charge in [0.25, 0.3) is 0 Å². The lowest BCUT2D eigenvalue weighted by Crippen LogP contribution is -2.22. The Morgan fingerprint density at radius 2 is 2.00 bits per heavy atom. The molecule has 0 aliphatic carbocycles. The Morgan fingerprint density at radius 3 is 2.71 bits per heavy atom. The third-order valence-corrected chi connectivity index (χ3v) is 5.34. The van der Waals surface area contributed by atoms with Crippen LogP contribution in [0.3, 0.4) is 0 Å². The van der Waals surface area contributed by atoms with Crippen LogP contribution in [0.25, 0.3) is 22.4 Å². The maximum Gasteiger partial charge on any atom is 0.188 e. The van der Waals surface area contributed by atoms with Crippen molar-refractivity contribution in [2.75, 3.05) is 32.2 Å². The molecular weight excluding hydrogens is 439 g/mol. The van der Waals surface area contributed by atoms with E-state index in [0.29, 0.717) is 40.7 Å². The number of pyridine rings is 1. The summed E-state index contributed by atoms with van der Waals surface area (Å²) in [6.45, 7) is 0.725. The molecule has 0 saturated heterocycles. The number of anilines is 2. The number of methoxy groups -OCH3 is 2. The van der Waals surface area contributed by atoms with Gasteiger partial charge in [0.2, 0.25) is 0 Å². The van der Waals surface area contributed by atoms with E-state index in [-0.39, 0.29) is 18.0 Å². The van der Waals surface area contributed by atoms with Gasteiger partial charge in [0.15, 0.2) is 17.2 Å². The number of halogens is 1. The van der Waals surface area contributed by atoms with Crippen molar-refractivity contribution in [3.05, 3.63) is 60.4 Å². The van der Waals surface area contributed by atoms with Gasteiger partial charge in [0.1, 0.15) is 17.1 Å². The van der Waals surface area contributed by atoms with Crippen molar-refractivity contribution < 1.29 is 13.9 Å². The number of aromatic nitrogens is 5. The molecule has 0 N–H and O–H groups in total. The summed E-state index contributed by atoms with van der Waals surface area (Å²) in [6.07, 6.45) is 7.11. The Morgan fingerprint density at radius 1 is 1.12 bits per heavy atom. The van der Waals surface area contributed by atoms with Crippen molar-refractivity contribution in [2.24, 2.45) is 17.3 Å². The molecule has 0 saturated carbocycles. The van der Waals surface area contributed by atoms with Crippen molar-refractivity contribution in [1.82, 2.24) is 24.7 Å². The molecule has 11 heteroatoms. The summed E-state index contributed by atoms with van der Waals surface area (Å²) in [4.78, 5) is 15.5. The largest absolute Gasteiger partial charge is 0.497 e. The quantitative estimate of drug-likeness (QED) is 0.410. The first-order valence-electron chi connectivity index (χ1n) is 10.4. The monoisotopic (exact) mass is 460 g/mol. The average Bonchev–Trinajstić information content (AvgIpc) is 3.54. The molecule has 0 atom stereocenters. The SMILES string of the molecule is COc1cc(OC)c(F)c(N(CC2=CCN=N2)c2ccc3ncc(-c4cnn(C)c4)nc3n2)c1. The number of benzene rings is 1. The van der Waals surface area contributed by atoms with Gasteiger partial charge in [-0.1, -0.05) is 0 Å². The van der Waals surface area contributed by atoms with E-state index in [0.717, 1.165) is 5.56 Å². The van der Waals surface area contributed by atoms with Crippen molar-refractivity contribution in [2.45, 2.75) is 0 Å². The summed E-state index contributed by atoms with van der Waals surface area (Å²) in [5, 5.41) is 12.3. The van der Waals surface area contributed by atoms with Crippen molar-refractivity contribution in [3.63, 3.8) is 0 Å². The van der Waals surface area contributed by atoms with Gasteiger partial charge < -0.3 is 14.4 Å². The molecule has 0 spiro atoms. The fraction of sp³-hybridized carbons (Fsp3) is 0.217. The van der Waals surface area contributed by atoms with E-state index in [1.54, 1.807) is 40.2 Å². The fourth-order valence-electron chi connectivity index (χ4n) is 3.62. The van der Waals surface area contributed by atoms with Crippen LogP contribution in [0, 0.1) is 5.82 Å². The highest BCUT2D eigenvalue weighted by Crippen LogP contribution is 2.37. The number of azo groups is 1. The summed E-state index contributed by atoms with van der Waals surface area (Å²) < 4.78 is 27.7. The molecule has 0 unspecified atom stereocenters. The normalized spacial score (nSPS) is 12.8. The number of hydrogen-bond donors (Lipinski definition) is 0. The molecule has 0 fully saturated rings. The zero-order chi connectivity index (χ0) is 23.7. The fourth-order valence-corrected chi connectivity index (χ4v) is 3.62. The first kappa shape index (κ1) is 21.4. The first-order chi connectivity index (χ1) is 16.6. The Balaban J connectivity index is 1.64. The molecular formula is C23H21FN8O2. The standard InChI is InChI=1S/C23H21FN8O2/c1-31-12-14(10-27-31)18-11-25-17-4-5-21(29-23(17)28-18)32(13-15-6-7-26-30-15)19-8-16(33-2)9-20(34-3)22(19)24/h4-6,8-12H,7,13H2,1-3H3. The second kappa shape index (κ2) is 8.85. The Bertz CT molecular complexity index is 1430. The van der Waals surface area contributed by atoms with Crippen molar-refractivity contribution in [3.8, 4) is 22.8 Å². The van der Waals surface area contributed by atoms with Crippen molar-refractivity contribution >= 4 is 22.7 Å². The van der Waals surface area contributed by atoms with Gasteiger partial charge in [-0.25, -0.2) is 14.4 Å². The van der Waals surface area contributed by atoms with Gasteiger partial charge in [0, 0.05) is 30.9 Å². The van der Waals surface area contributed by atoms with E-state index in [1.807, 2.05) is 19.3 Å². The molecule has 0 radical (unpaired) electrons. The highest BCUT2D eigenvalue weighted by molar-refractivity contribution is 5.77. The lowest BCUT2D eigenvalue weighted by Gasteiger charge is -2.25. The topological polar surface area (TPSA) is 103 Å². The minimum Gasteiger partial charge on any atom is -0.497 e. The highest BCUT2D eigenvalue weighted by Gasteiger charge is 2.23. The van der Waals surface area contributed by atoms with Crippen LogP contribution in [0.2, 0.25) is 0 Å². The van der Waals surface area contributed by atoms with Crippen LogP contribution >= 0.6 is 0 Å². The lowest BCUT2D eigenvalue weighted by atomic mass is 10.2. The predicted octanol–water partition coefficient (Wildman–Crippen LogP) is 4.07. The summed E-state index contributed by atoms with van der Waals surface area (Å²) in [7, 11) is 4.75. The summed E-state index contributed by atoms with van der Waals surface area (Å²) in [5.74, 6) is 0.416. The minimum atomic E-state index is -0.545. The molecule has 10 nitrogen and oxygen atoms in total. The molecule has 5 rings (SSSR count). The van der Waals surface area contributed by atoms with Gasteiger partial charge in [-0.15, -0.1) is 0 Å². The maximum absolute atomic E-state index is 15.4. The lowest BCUT2D eigenvalue weighted by molar-refractivity contribution is 0.374. The zero-order valence-electron chi connectivity index (χ0n) is 18.8. The molecule has 1 aliphatic heterocycles. The van der Waals surface area contributed by atoms with E-state index in [9.17, 15) is 0 Å². The summed E-state index contributed by atoms with van der Waals surface area (Å²) >= 11 is 0. The van der Waals surface area contributed by atoms with E-state index in [2.05, 4.69) is 25.3 Å². The van der Waals surface area contributed by atoms with Crippen LogP contribution in [0.4, 0.5) is 15.9 Å². The maximum atomic E-state index is 15.4. The zero-order valence-corrected chi connectivity index (χ0v) is 18.8. The van der Waals surface area contributed by atoms with Crippen LogP contribution in [-0.4, -0.2) is 52.0 Å². The van der Waals surface area contributed by atoms with Gasteiger partial charge in [-0.2, -0.15) is 15.3 Å². The van der Waals surface area contributed by atoms with E-state index in [1.165, 1.54) is 20.3 Å². The van der Waals surface area contributed by atoms with Crippen LogP contribution in [0.15, 0.2) is 64.9 Å². The molecule has 4 aromatic rings. The number of fused-ring (bicyclic) bond motifs is 1. The number of ether oxygens (including phenoxy) is 2. The highest BCUT2D eigenvalue weighted by atomic mass is 19.1. The molecule has 34 heavy (non-hydrogen) atoms. The van der Waals surface area contributed by atoms with Crippen molar-refractivity contribution in [1.29, 1.82) is 0 Å². The Hall–Kier alpha value is -4.41. The molecule has 4 heterocycles. The van der Waals surface area contributed by atoms with Gasteiger partial charge in [-0.3, -0.25) is 9.67 Å². The number of hydrogen-bond acceptors (Lipinski definition) is 9. The second-order valence-electron chi connectivity index (χ2n) is 7.54.